The van der Waals surface area contributed by atoms with Gasteiger partial charge in [-0.15, -0.1) is 0 Å². The van der Waals surface area contributed by atoms with Gasteiger partial charge in [0, 0.05) is 12.0 Å². The Morgan fingerprint density at radius 1 is 1.40 bits per heavy atom. The first-order chi connectivity index (χ1) is 9.69. The second-order valence-corrected chi connectivity index (χ2v) is 5.46. The zero-order valence-electron chi connectivity index (χ0n) is 12.0. The minimum Gasteiger partial charge on any atom is -0.325 e. The highest BCUT2D eigenvalue weighted by Crippen LogP contribution is 2.28. The molecule has 0 aliphatic heterocycles. The monoisotopic (exact) mass is 270 g/mol. The molecule has 0 atom stereocenters. The molecular formula is C17H22N2O. The van der Waals surface area contributed by atoms with Crippen LogP contribution >= 0.6 is 0 Å². The van der Waals surface area contributed by atoms with Gasteiger partial charge in [-0.2, -0.15) is 0 Å². The van der Waals surface area contributed by atoms with E-state index >= 15 is 0 Å². The summed E-state index contributed by atoms with van der Waals surface area (Å²) in [4.78, 5) is 12.1. The first kappa shape index (κ1) is 14.6. The first-order valence-corrected chi connectivity index (χ1v) is 7.28. The van der Waals surface area contributed by atoms with Crippen molar-refractivity contribution in [3.05, 3.63) is 29.3 Å². The van der Waals surface area contributed by atoms with E-state index in [1.54, 1.807) is 0 Å². The second-order valence-electron chi connectivity index (χ2n) is 5.46. The van der Waals surface area contributed by atoms with Crippen molar-refractivity contribution in [3.8, 4) is 11.8 Å². The number of nitrogens with one attached hydrogen (secondary N) is 1. The third-order valence-corrected chi connectivity index (χ3v) is 3.72. The number of hydrogen-bond acceptors (Lipinski definition) is 2. The van der Waals surface area contributed by atoms with Gasteiger partial charge in [0.15, 0.2) is 0 Å². The molecule has 1 saturated carbocycles. The molecule has 0 spiro atoms. The largest absolute Gasteiger partial charge is 0.325 e. The maximum atomic E-state index is 12.1. The maximum absolute atomic E-state index is 12.1. The first-order valence-electron chi connectivity index (χ1n) is 7.28. The van der Waals surface area contributed by atoms with Crippen LogP contribution in [0.1, 0.15) is 43.2 Å². The van der Waals surface area contributed by atoms with Crippen molar-refractivity contribution in [2.75, 3.05) is 11.9 Å². The number of hydrogen-bond donors (Lipinski definition) is 2. The van der Waals surface area contributed by atoms with Gasteiger partial charge in [-0.05, 0) is 43.4 Å². The normalized spacial score (nSPS) is 14.7. The fraction of sp³-hybridized carbons (Fsp3) is 0.471. The Labute approximate surface area is 120 Å². The number of carbonyl (C=O) groups is 1. The third kappa shape index (κ3) is 4.11. The summed E-state index contributed by atoms with van der Waals surface area (Å²) in [6, 6.07) is 5.89. The predicted octanol–water partition coefficient (Wildman–Crippen LogP) is 2.82. The van der Waals surface area contributed by atoms with Crippen molar-refractivity contribution in [2.24, 2.45) is 11.7 Å². The van der Waals surface area contributed by atoms with E-state index < -0.39 is 0 Å². The van der Waals surface area contributed by atoms with Crippen molar-refractivity contribution in [2.45, 2.75) is 39.0 Å². The SMILES string of the molecule is Cc1ccc(C#CCN)c(NC(=O)CC2CCCC2)c1. The van der Waals surface area contributed by atoms with E-state index in [1.165, 1.54) is 25.7 Å². The van der Waals surface area contributed by atoms with Crippen LogP contribution in [0.2, 0.25) is 0 Å². The van der Waals surface area contributed by atoms with E-state index in [4.69, 9.17) is 5.73 Å². The van der Waals surface area contributed by atoms with Crippen LogP contribution in [-0.2, 0) is 4.79 Å². The molecule has 0 aromatic heterocycles. The number of rotatable bonds is 3. The molecule has 0 bridgehead atoms. The molecule has 1 aromatic carbocycles. The molecule has 3 nitrogen and oxygen atoms in total. The summed E-state index contributed by atoms with van der Waals surface area (Å²) in [5.41, 5.74) is 8.15. The minimum atomic E-state index is 0.0956. The second kappa shape index (κ2) is 7.12. The summed E-state index contributed by atoms with van der Waals surface area (Å²) in [7, 11) is 0. The van der Waals surface area contributed by atoms with Gasteiger partial charge in [0.1, 0.15) is 0 Å². The Balaban J connectivity index is 2.06. The quantitative estimate of drug-likeness (QED) is 0.830. The van der Waals surface area contributed by atoms with E-state index in [2.05, 4.69) is 17.2 Å². The number of benzene rings is 1. The Morgan fingerprint density at radius 2 is 2.15 bits per heavy atom. The summed E-state index contributed by atoms with van der Waals surface area (Å²) >= 11 is 0. The topological polar surface area (TPSA) is 55.1 Å². The van der Waals surface area contributed by atoms with Gasteiger partial charge in [-0.1, -0.05) is 30.7 Å². The molecule has 1 fully saturated rings. The zero-order chi connectivity index (χ0) is 14.4. The maximum Gasteiger partial charge on any atom is 0.224 e. The Kier molecular flexibility index (Phi) is 5.20. The summed E-state index contributed by atoms with van der Waals surface area (Å²) in [5.74, 6) is 6.50. The van der Waals surface area contributed by atoms with Crippen molar-refractivity contribution < 1.29 is 4.79 Å². The molecule has 2 rings (SSSR count). The average Bonchev–Trinajstić information content (AvgIpc) is 2.90. The van der Waals surface area contributed by atoms with Crippen LogP contribution < -0.4 is 11.1 Å². The van der Waals surface area contributed by atoms with Crippen LogP contribution in [0.3, 0.4) is 0 Å². The zero-order valence-corrected chi connectivity index (χ0v) is 12.0. The van der Waals surface area contributed by atoms with E-state index in [-0.39, 0.29) is 5.91 Å². The molecule has 0 heterocycles. The van der Waals surface area contributed by atoms with E-state index in [1.807, 2.05) is 25.1 Å². The molecular weight excluding hydrogens is 248 g/mol. The molecule has 20 heavy (non-hydrogen) atoms. The Hall–Kier alpha value is -1.79. The lowest BCUT2D eigenvalue weighted by Crippen LogP contribution is -2.16. The van der Waals surface area contributed by atoms with E-state index in [0.717, 1.165) is 16.8 Å². The number of nitrogens with two attached hydrogens (primary N) is 1. The van der Waals surface area contributed by atoms with Crippen LogP contribution in [0.25, 0.3) is 0 Å². The molecule has 106 valence electrons. The third-order valence-electron chi connectivity index (χ3n) is 3.72. The molecule has 0 saturated heterocycles. The average molecular weight is 270 g/mol. The van der Waals surface area contributed by atoms with Gasteiger partial charge in [-0.25, -0.2) is 0 Å². The molecule has 1 aliphatic rings. The van der Waals surface area contributed by atoms with Gasteiger partial charge in [0.25, 0.3) is 0 Å². The van der Waals surface area contributed by atoms with Crippen LogP contribution in [0.15, 0.2) is 18.2 Å². The Morgan fingerprint density at radius 3 is 2.85 bits per heavy atom. The van der Waals surface area contributed by atoms with Crippen molar-refractivity contribution >= 4 is 11.6 Å². The summed E-state index contributed by atoms with van der Waals surface area (Å²) in [6.45, 7) is 2.33. The fourth-order valence-corrected chi connectivity index (χ4v) is 2.69. The molecule has 1 amide bonds. The lowest BCUT2D eigenvalue weighted by atomic mass is 10.0. The fourth-order valence-electron chi connectivity index (χ4n) is 2.69. The molecule has 1 aromatic rings. The predicted molar refractivity (Wildman–Crippen MR) is 82.3 cm³/mol. The van der Waals surface area contributed by atoms with Gasteiger partial charge in [0.05, 0.1) is 12.2 Å². The van der Waals surface area contributed by atoms with Gasteiger partial charge in [-0.3, -0.25) is 4.79 Å². The minimum absolute atomic E-state index is 0.0956. The van der Waals surface area contributed by atoms with Crippen molar-refractivity contribution in [1.29, 1.82) is 0 Å². The van der Waals surface area contributed by atoms with Crippen LogP contribution in [0, 0.1) is 24.7 Å². The van der Waals surface area contributed by atoms with E-state index in [9.17, 15) is 4.79 Å². The van der Waals surface area contributed by atoms with Gasteiger partial charge >= 0.3 is 0 Å². The summed E-state index contributed by atoms with van der Waals surface area (Å²) in [5, 5.41) is 3.00. The molecule has 3 N–H and O–H groups in total. The lowest BCUT2D eigenvalue weighted by Gasteiger charge is -2.11. The number of amides is 1. The van der Waals surface area contributed by atoms with Crippen molar-refractivity contribution in [3.63, 3.8) is 0 Å². The highest BCUT2D eigenvalue weighted by Gasteiger charge is 2.18. The van der Waals surface area contributed by atoms with Crippen molar-refractivity contribution in [1.82, 2.24) is 0 Å². The summed E-state index contributed by atoms with van der Waals surface area (Å²) in [6.07, 6.45) is 5.51. The van der Waals surface area contributed by atoms with Crippen LogP contribution in [0.4, 0.5) is 5.69 Å². The molecule has 0 radical (unpaired) electrons. The number of anilines is 1. The summed E-state index contributed by atoms with van der Waals surface area (Å²) < 4.78 is 0. The highest BCUT2D eigenvalue weighted by atomic mass is 16.1. The smallest absolute Gasteiger partial charge is 0.224 e. The standard InChI is InChI=1S/C17H22N2O/c1-13-8-9-15(7-4-10-18)16(11-13)19-17(20)12-14-5-2-3-6-14/h8-9,11,14H,2-3,5-6,10,12,18H2,1H3,(H,19,20). The van der Waals surface area contributed by atoms with Gasteiger partial charge < -0.3 is 11.1 Å². The Bertz CT molecular complexity index is 534. The lowest BCUT2D eigenvalue weighted by molar-refractivity contribution is -0.117. The van der Waals surface area contributed by atoms with Gasteiger partial charge in [0.2, 0.25) is 5.91 Å². The molecule has 0 unspecified atom stereocenters. The number of aryl methyl sites for hydroxylation is 1. The number of carbonyl (C=O) groups excluding carboxylic acids is 1. The van der Waals surface area contributed by atoms with Crippen LogP contribution in [-0.4, -0.2) is 12.5 Å². The van der Waals surface area contributed by atoms with Crippen LogP contribution in [0.5, 0.6) is 0 Å². The van der Waals surface area contributed by atoms with E-state index in [0.29, 0.717) is 18.9 Å². The highest BCUT2D eigenvalue weighted by molar-refractivity contribution is 5.92. The molecule has 3 heteroatoms. The molecule has 1 aliphatic carbocycles.